The van der Waals surface area contributed by atoms with Gasteiger partial charge < -0.3 is 9.84 Å². The van der Waals surface area contributed by atoms with Gasteiger partial charge >= 0.3 is 5.97 Å². The average Bonchev–Trinajstić information content (AvgIpc) is 2.93. The molecule has 0 spiro atoms. The fourth-order valence-electron chi connectivity index (χ4n) is 1.53. The fourth-order valence-corrected chi connectivity index (χ4v) is 1.53. The zero-order valence-electron chi connectivity index (χ0n) is 8.41. The summed E-state index contributed by atoms with van der Waals surface area (Å²) in [4.78, 5) is 20.7. The smallest absolute Gasteiger partial charge is 0.338 e. The lowest BCUT2D eigenvalue weighted by Crippen LogP contribution is -2.20. The molecule has 1 aromatic rings. The maximum absolute atomic E-state index is 10.8. The Morgan fingerprint density at radius 3 is 2.44 bits per heavy atom. The number of ether oxygens (including phenoxy) is 1. The number of nitrogens with zero attached hydrogens (tertiary/aromatic N) is 1. The fraction of sp³-hybridized carbons (Fsp3) is 0.300. The predicted octanol–water partition coefficient (Wildman–Crippen LogP) is 1.51. The van der Waals surface area contributed by atoms with Crippen LogP contribution in [0.1, 0.15) is 18.6 Å². The number of benzene rings is 1. The van der Waals surface area contributed by atoms with Crippen LogP contribution in [0.4, 0.5) is 5.69 Å². The lowest BCUT2D eigenvalue weighted by molar-refractivity contribution is -0.384. The van der Waals surface area contributed by atoms with Gasteiger partial charge in [-0.2, -0.15) is 0 Å². The second kappa shape index (κ2) is 3.28. The Labute approximate surface area is 90.6 Å². The minimum absolute atomic E-state index is 0.0265. The van der Waals surface area contributed by atoms with E-state index in [0.29, 0.717) is 5.56 Å². The molecule has 6 nitrogen and oxygen atoms in total. The Kier molecular flexibility index (Phi) is 2.16. The number of nitro benzene ring substituents is 1. The molecule has 0 aliphatic carbocycles. The molecule has 0 aromatic heterocycles. The predicted molar refractivity (Wildman–Crippen MR) is 53.0 cm³/mol. The highest BCUT2D eigenvalue weighted by molar-refractivity contribution is 5.81. The molecule has 0 radical (unpaired) electrons. The van der Waals surface area contributed by atoms with Crippen molar-refractivity contribution in [2.75, 3.05) is 0 Å². The van der Waals surface area contributed by atoms with Crippen molar-refractivity contribution in [1.29, 1.82) is 0 Å². The molecule has 2 atom stereocenters. The van der Waals surface area contributed by atoms with Gasteiger partial charge in [-0.05, 0) is 24.6 Å². The summed E-state index contributed by atoms with van der Waals surface area (Å²) in [5, 5.41) is 19.3. The number of epoxide rings is 1. The second-order valence-electron chi connectivity index (χ2n) is 3.76. The van der Waals surface area contributed by atoms with Crippen molar-refractivity contribution in [2.24, 2.45) is 0 Å². The van der Waals surface area contributed by atoms with Crippen molar-refractivity contribution in [3.8, 4) is 0 Å². The Balaban J connectivity index is 2.19. The summed E-state index contributed by atoms with van der Waals surface area (Å²) >= 11 is 0. The van der Waals surface area contributed by atoms with Crippen molar-refractivity contribution in [2.45, 2.75) is 18.6 Å². The molecular weight excluding hydrogens is 214 g/mol. The largest absolute Gasteiger partial charge is 0.479 e. The van der Waals surface area contributed by atoms with Crippen LogP contribution in [-0.4, -0.2) is 21.6 Å². The van der Waals surface area contributed by atoms with Crippen LogP contribution in [0.2, 0.25) is 0 Å². The van der Waals surface area contributed by atoms with E-state index in [2.05, 4.69) is 0 Å². The molecule has 84 valence electrons. The first-order valence-corrected chi connectivity index (χ1v) is 4.61. The van der Waals surface area contributed by atoms with Gasteiger partial charge in [-0.3, -0.25) is 10.1 Å². The summed E-state index contributed by atoms with van der Waals surface area (Å²) in [6.07, 6.45) is -0.522. The summed E-state index contributed by atoms with van der Waals surface area (Å²) in [6.45, 7) is 1.47. The molecule has 2 rings (SSSR count). The van der Waals surface area contributed by atoms with E-state index >= 15 is 0 Å². The van der Waals surface area contributed by atoms with Crippen LogP contribution in [0.5, 0.6) is 0 Å². The van der Waals surface area contributed by atoms with Crippen LogP contribution in [0.3, 0.4) is 0 Å². The first-order chi connectivity index (χ1) is 7.45. The van der Waals surface area contributed by atoms with Crippen molar-refractivity contribution in [1.82, 2.24) is 0 Å². The van der Waals surface area contributed by atoms with Crippen molar-refractivity contribution >= 4 is 11.7 Å². The van der Waals surface area contributed by atoms with Gasteiger partial charge in [-0.15, -0.1) is 0 Å². The van der Waals surface area contributed by atoms with Crippen LogP contribution in [0.25, 0.3) is 0 Å². The molecule has 1 heterocycles. The minimum Gasteiger partial charge on any atom is -0.479 e. The lowest BCUT2D eigenvalue weighted by Gasteiger charge is -1.99. The van der Waals surface area contributed by atoms with Crippen molar-refractivity contribution < 1.29 is 19.6 Å². The molecule has 1 saturated heterocycles. The van der Waals surface area contributed by atoms with Gasteiger partial charge in [0.2, 0.25) is 0 Å². The number of hydrogen-bond acceptors (Lipinski definition) is 4. The first kappa shape index (κ1) is 10.6. The van der Waals surface area contributed by atoms with Crippen molar-refractivity contribution in [3.63, 3.8) is 0 Å². The zero-order valence-corrected chi connectivity index (χ0v) is 8.41. The van der Waals surface area contributed by atoms with Gasteiger partial charge in [0.05, 0.1) is 4.92 Å². The van der Waals surface area contributed by atoms with E-state index in [1.165, 1.54) is 31.2 Å². The van der Waals surface area contributed by atoms with Crippen LogP contribution < -0.4 is 0 Å². The second-order valence-corrected chi connectivity index (χ2v) is 3.76. The number of nitro groups is 1. The van der Waals surface area contributed by atoms with Crippen molar-refractivity contribution in [3.05, 3.63) is 39.9 Å². The third kappa shape index (κ3) is 1.53. The van der Waals surface area contributed by atoms with Gasteiger partial charge in [0.25, 0.3) is 5.69 Å². The maximum atomic E-state index is 10.8. The van der Waals surface area contributed by atoms with E-state index < -0.39 is 22.6 Å². The number of carboxylic acids is 1. The standard InChI is InChI=1S/C10H9NO5/c1-10(9(12)13)8(16-10)6-2-4-7(5-3-6)11(14)15/h2-5,8H,1H3,(H,12,13)/t8-,10+/m0/s1. The summed E-state index contributed by atoms with van der Waals surface area (Å²) in [5.74, 6) is -1.03. The van der Waals surface area contributed by atoms with E-state index in [1.807, 2.05) is 0 Å². The molecule has 0 amide bonds. The molecule has 1 aromatic carbocycles. The molecular formula is C10H9NO5. The minimum atomic E-state index is -1.20. The Hall–Kier alpha value is -1.95. The highest BCUT2D eigenvalue weighted by Gasteiger charge is 2.59. The number of carboxylic acid groups (broad SMARTS) is 1. The molecule has 6 heteroatoms. The van der Waals surface area contributed by atoms with Gasteiger partial charge in [0.1, 0.15) is 6.10 Å². The molecule has 0 bridgehead atoms. The average molecular weight is 223 g/mol. The van der Waals surface area contributed by atoms with Gasteiger partial charge in [0, 0.05) is 12.1 Å². The molecule has 1 N–H and O–H groups in total. The summed E-state index contributed by atoms with van der Waals surface area (Å²) < 4.78 is 5.08. The highest BCUT2D eigenvalue weighted by atomic mass is 16.6. The quantitative estimate of drug-likeness (QED) is 0.476. The van der Waals surface area contributed by atoms with E-state index in [1.54, 1.807) is 0 Å². The number of aliphatic carboxylic acids is 1. The van der Waals surface area contributed by atoms with Gasteiger partial charge in [-0.1, -0.05) is 0 Å². The molecule has 1 fully saturated rings. The normalized spacial score (nSPS) is 27.4. The van der Waals surface area contributed by atoms with Crippen LogP contribution in [0, 0.1) is 10.1 Å². The monoisotopic (exact) mass is 223 g/mol. The third-order valence-corrected chi connectivity index (χ3v) is 2.64. The molecule has 0 unspecified atom stereocenters. The molecule has 1 aliphatic rings. The van der Waals surface area contributed by atoms with Gasteiger partial charge in [-0.25, -0.2) is 4.79 Å². The van der Waals surface area contributed by atoms with E-state index in [9.17, 15) is 14.9 Å². The number of carbonyl (C=O) groups is 1. The zero-order chi connectivity index (χ0) is 11.9. The summed E-state index contributed by atoms with van der Waals surface area (Å²) in [7, 11) is 0. The highest BCUT2D eigenvalue weighted by Crippen LogP contribution is 2.49. The van der Waals surface area contributed by atoms with E-state index in [0.717, 1.165) is 0 Å². The van der Waals surface area contributed by atoms with Crippen LogP contribution in [-0.2, 0) is 9.53 Å². The molecule has 16 heavy (non-hydrogen) atoms. The SMILES string of the molecule is C[C@@]1(C(=O)O)O[C@H]1c1ccc([N+](=O)[O-])cc1. The maximum Gasteiger partial charge on any atom is 0.338 e. The Bertz CT molecular complexity index is 455. The van der Waals surface area contributed by atoms with Crippen LogP contribution >= 0.6 is 0 Å². The molecule has 0 saturated carbocycles. The number of rotatable bonds is 3. The molecule has 1 aliphatic heterocycles. The number of non-ortho nitro benzene ring substituents is 1. The topological polar surface area (TPSA) is 93.0 Å². The Morgan fingerprint density at radius 2 is 2.06 bits per heavy atom. The summed E-state index contributed by atoms with van der Waals surface area (Å²) in [6, 6.07) is 5.69. The summed E-state index contributed by atoms with van der Waals surface area (Å²) in [5.41, 5.74) is -0.590. The number of hydrogen-bond donors (Lipinski definition) is 1. The lowest BCUT2D eigenvalue weighted by atomic mass is 10.0. The van der Waals surface area contributed by atoms with Crippen LogP contribution in [0.15, 0.2) is 24.3 Å². The first-order valence-electron chi connectivity index (χ1n) is 4.61. The third-order valence-electron chi connectivity index (χ3n) is 2.64. The Morgan fingerprint density at radius 1 is 1.50 bits per heavy atom. The van der Waals surface area contributed by atoms with E-state index in [4.69, 9.17) is 9.84 Å². The van der Waals surface area contributed by atoms with E-state index in [-0.39, 0.29) is 5.69 Å². The van der Waals surface area contributed by atoms with Gasteiger partial charge in [0.15, 0.2) is 5.60 Å².